The van der Waals surface area contributed by atoms with E-state index in [4.69, 9.17) is 0 Å². The fraction of sp³-hybridized carbons (Fsp3) is 1.00. The molecule has 1 atom stereocenters. The Labute approximate surface area is 76.5 Å². The molecular formula is C10H22N2. The van der Waals surface area contributed by atoms with E-state index >= 15 is 0 Å². The second-order valence-electron chi connectivity index (χ2n) is 4.38. The van der Waals surface area contributed by atoms with Crippen LogP contribution < -0.4 is 0 Å². The van der Waals surface area contributed by atoms with Crippen molar-refractivity contribution in [3.8, 4) is 0 Å². The molecule has 0 amide bonds. The highest BCUT2D eigenvalue weighted by Crippen LogP contribution is 2.15. The van der Waals surface area contributed by atoms with E-state index in [2.05, 4.69) is 37.7 Å². The third kappa shape index (κ3) is 2.46. The maximum absolute atomic E-state index is 2.51. The molecule has 0 radical (unpaired) electrons. The van der Waals surface area contributed by atoms with Gasteiger partial charge in [-0.25, -0.2) is 0 Å². The van der Waals surface area contributed by atoms with E-state index in [0.717, 1.165) is 12.0 Å². The Hall–Kier alpha value is -0.0800. The van der Waals surface area contributed by atoms with Crippen LogP contribution in [0.15, 0.2) is 0 Å². The van der Waals surface area contributed by atoms with Crippen LogP contribution in [0.25, 0.3) is 0 Å². The van der Waals surface area contributed by atoms with E-state index in [0.29, 0.717) is 0 Å². The average molecular weight is 170 g/mol. The molecule has 2 nitrogen and oxygen atoms in total. The Morgan fingerprint density at radius 2 is 1.75 bits per heavy atom. The summed E-state index contributed by atoms with van der Waals surface area (Å²) in [7, 11) is 4.47. The van der Waals surface area contributed by atoms with Crippen LogP contribution in [0, 0.1) is 5.92 Å². The molecule has 12 heavy (non-hydrogen) atoms. The zero-order valence-corrected chi connectivity index (χ0v) is 8.88. The van der Waals surface area contributed by atoms with Gasteiger partial charge in [0.25, 0.3) is 0 Å². The van der Waals surface area contributed by atoms with Gasteiger partial charge >= 0.3 is 0 Å². The van der Waals surface area contributed by atoms with Crippen LogP contribution in [0.5, 0.6) is 0 Å². The molecule has 1 saturated heterocycles. The quantitative estimate of drug-likeness (QED) is 0.585. The monoisotopic (exact) mass is 170 g/mol. The van der Waals surface area contributed by atoms with Gasteiger partial charge < -0.3 is 9.80 Å². The number of rotatable bonds is 1. The molecule has 0 aromatic heterocycles. The third-order valence-electron chi connectivity index (χ3n) is 2.98. The lowest BCUT2D eigenvalue weighted by atomic mass is 10.00. The summed E-state index contributed by atoms with van der Waals surface area (Å²) in [5.41, 5.74) is 0. The fourth-order valence-electron chi connectivity index (χ4n) is 2.02. The smallest absolute Gasteiger partial charge is 0.0128 e. The molecule has 1 unspecified atom stereocenters. The van der Waals surface area contributed by atoms with Crippen molar-refractivity contribution in [2.75, 3.05) is 33.7 Å². The van der Waals surface area contributed by atoms with Gasteiger partial charge in [0.05, 0.1) is 0 Å². The van der Waals surface area contributed by atoms with Gasteiger partial charge in [-0.05, 0) is 33.0 Å². The van der Waals surface area contributed by atoms with Gasteiger partial charge in [0.15, 0.2) is 0 Å². The minimum Gasteiger partial charge on any atom is -0.305 e. The van der Waals surface area contributed by atoms with Crippen molar-refractivity contribution in [2.24, 2.45) is 5.92 Å². The second kappa shape index (κ2) is 4.24. The Morgan fingerprint density at radius 3 is 2.33 bits per heavy atom. The van der Waals surface area contributed by atoms with Crippen molar-refractivity contribution < 1.29 is 0 Å². The van der Waals surface area contributed by atoms with E-state index in [1.807, 2.05) is 0 Å². The van der Waals surface area contributed by atoms with Crippen LogP contribution in [-0.2, 0) is 0 Å². The molecule has 0 aliphatic carbocycles. The molecule has 0 aromatic carbocycles. The third-order valence-corrected chi connectivity index (χ3v) is 2.98. The molecule has 72 valence electrons. The Bertz CT molecular complexity index is 134. The van der Waals surface area contributed by atoms with Gasteiger partial charge in [0.2, 0.25) is 0 Å². The minimum atomic E-state index is 0.787. The van der Waals surface area contributed by atoms with E-state index in [-0.39, 0.29) is 0 Å². The van der Waals surface area contributed by atoms with Crippen LogP contribution >= 0.6 is 0 Å². The number of hydrogen-bond acceptors (Lipinski definition) is 2. The number of nitrogens with zero attached hydrogens (tertiary/aromatic N) is 2. The van der Waals surface area contributed by atoms with E-state index < -0.39 is 0 Å². The van der Waals surface area contributed by atoms with Crippen LogP contribution in [-0.4, -0.2) is 49.6 Å². The summed E-state index contributed by atoms with van der Waals surface area (Å²) in [6.07, 6.45) is 1.32. The molecule has 1 aliphatic heterocycles. The zero-order chi connectivity index (χ0) is 9.14. The first-order chi connectivity index (χ1) is 5.61. The summed E-state index contributed by atoms with van der Waals surface area (Å²) in [5, 5.41) is 0. The first kappa shape index (κ1) is 10.0. The summed E-state index contributed by atoms with van der Waals surface area (Å²) in [6.45, 7) is 8.35. The molecule has 1 rings (SSSR count). The SMILES string of the molecule is CC(C)C1CCN(C)CCN1C. The topological polar surface area (TPSA) is 6.48 Å². The van der Waals surface area contributed by atoms with Gasteiger partial charge in [-0.2, -0.15) is 0 Å². The summed E-state index contributed by atoms with van der Waals surface area (Å²) in [6, 6.07) is 0.787. The van der Waals surface area contributed by atoms with E-state index in [1.165, 1.54) is 26.1 Å². The lowest BCUT2D eigenvalue weighted by Crippen LogP contribution is -2.36. The predicted molar refractivity (Wildman–Crippen MR) is 53.4 cm³/mol. The summed E-state index contributed by atoms with van der Waals surface area (Å²) >= 11 is 0. The normalized spacial score (nSPS) is 29.2. The maximum atomic E-state index is 2.51. The second-order valence-corrected chi connectivity index (χ2v) is 4.38. The summed E-state index contributed by atoms with van der Waals surface area (Å²) in [5.74, 6) is 0.793. The van der Waals surface area contributed by atoms with Gasteiger partial charge in [-0.15, -0.1) is 0 Å². The van der Waals surface area contributed by atoms with E-state index in [9.17, 15) is 0 Å². The maximum Gasteiger partial charge on any atom is 0.0128 e. The Balaban J connectivity index is 2.50. The summed E-state index contributed by atoms with van der Waals surface area (Å²) < 4.78 is 0. The van der Waals surface area contributed by atoms with Gasteiger partial charge in [-0.3, -0.25) is 0 Å². The largest absolute Gasteiger partial charge is 0.305 e. The lowest BCUT2D eigenvalue weighted by molar-refractivity contribution is 0.201. The van der Waals surface area contributed by atoms with Crippen molar-refractivity contribution in [1.82, 2.24) is 9.80 Å². The van der Waals surface area contributed by atoms with Crippen molar-refractivity contribution in [1.29, 1.82) is 0 Å². The first-order valence-corrected chi connectivity index (χ1v) is 5.00. The van der Waals surface area contributed by atoms with Gasteiger partial charge in [0, 0.05) is 19.1 Å². The Kier molecular flexibility index (Phi) is 3.53. The van der Waals surface area contributed by atoms with Crippen LogP contribution in [0.1, 0.15) is 20.3 Å². The highest BCUT2D eigenvalue weighted by Gasteiger charge is 2.21. The van der Waals surface area contributed by atoms with Crippen molar-refractivity contribution in [2.45, 2.75) is 26.3 Å². The van der Waals surface area contributed by atoms with Crippen LogP contribution in [0.2, 0.25) is 0 Å². The number of likely N-dealkylation sites (N-methyl/N-ethyl adjacent to an activating group) is 2. The molecule has 0 aromatic rings. The van der Waals surface area contributed by atoms with Crippen LogP contribution in [0.3, 0.4) is 0 Å². The zero-order valence-electron chi connectivity index (χ0n) is 8.88. The minimum absolute atomic E-state index is 0.787. The highest BCUT2D eigenvalue weighted by molar-refractivity contribution is 4.77. The lowest BCUT2D eigenvalue weighted by Gasteiger charge is -2.28. The van der Waals surface area contributed by atoms with Gasteiger partial charge in [0.1, 0.15) is 0 Å². The predicted octanol–water partition coefficient (Wildman–Crippen LogP) is 1.28. The fourth-order valence-corrected chi connectivity index (χ4v) is 2.02. The van der Waals surface area contributed by atoms with Crippen molar-refractivity contribution in [3.05, 3.63) is 0 Å². The molecule has 2 heteroatoms. The molecule has 0 spiro atoms. The average Bonchev–Trinajstić information content (AvgIpc) is 2.14. The molecule has 0 saturated carbocycles. The molecule has 0 N–H and O–H groups in total. The molecule has 1 fully saturated rings. The molecule has 1 aliphatic rings. The van der Waals surface area contributed by atoms with Crippen molar-refractivity contribution in [3.63, 3.8) is 0 Å². The number of hydrogen-bond donors (Lipinski definition) is 0. The Morgan fingerprint density at radius 1 is 1.08 bits per heavy atom. The van der Waals surface area contributed by atoms with Gasteiger partial charge in [-0.1, -0.05) is 13.8 Å². The molecule has 1 heterocycles. The molecular weight excluding hydrogens is 148 g/mol. The summed E-state index contributed by atoms with van der Waals surface area (Å²) in [4.78, 5) is 4.94. The van der Waals surface area contributed by atoms with Crippen LogP contribution in [0.4, 0.5) is 0 Å². The first-order valence-electron chi connectivity index (χ1n) is 5.00. The van der Waals surface area contributed by atoms with Crippen molar-refractivity contribution >= 4 is 0 Å². The molecule has 0 bridgehead atoms. The standard InChI is InChI=1S/C10H22N2/c1-9(2)10-5-6-11(3)7-8-12(10)4/h9-10H,5-8H2,1-4H3. The highest BCUT2D eigenvalue weighted by atomic mass is 15.2. The van der Waals surface area contributed by atoms with E-state index in [1.54, 1.807) is 0 Å².